The highest BCUT2D eigenvalue weighted by Crippen LogP contribution is 2.42. The van der Waals surface area contributed by atoms with Crippen LogP contribution in [0.3, 0.4) is 0 Å². The summed E-state index contributed by atoms with van der Waals surface area (Å²) < 4.78 is 5.06. The van der Waals surface area contributed by atoms with Crippen molar-refractivity contribution in [1.82, 2.24) is 0 Å². The molecule has 0 saturated heterocycles. The van der Waals surface area contributed by atoms with Crippen LogP contribution in [0.2, 0.25) is 0 Å². The van der Waals surface area contributed by atoms with Crippen molar-refractivity contribution in [2.45, 2.75) is 46.5 Å². The Bertz CT molecular complexity index is 260. The van der Waals surface area contributed by atoms with Gasteiger partial charge >= 0.3 is 5.97 Å². The molecular weight excluding hydrogens is 192 g/mol. The molecule has 0 aromatic rings. The molecule has 0 N–H and O–H groups in total. The lowest BCUT2D eigenvalue weighted by Gasteiger charge is -2.38. The lowest BCUT2D eigenvalue weighted by atomic mass is 9.65. The first-order valence-electron chi connectivity index (χ1n) is 5.74. The number of ether oxygens (including phenoxy) is 1. The van der Waals surface area contributed by atoms with Crippen LogP contribution in [0.1, 0.15) is 46.5 Å². The van der Waals surface area contributed by atoms with Gasteiger partial charge in [-0.15, -0.1) is 0 Å². The van der Waals surface area contributed by atoms with Crippen molar-refractivity contribution in [2.75, 3.05) is 6.61 Å². The standard InChI is InChI=1S/C12H20O3/c1-4-15-11(14)12(10(3)13)8-6-5-7-9(12)2/h9H,4-8H2,1-3H3. The van der Waals surface area contributed by atoms with Crippen molar-refractivity contribution >= 4 is 11.8 Å². The van der Waals surface area contributed by atoms with E-state index in [1.54, 1.807) is 6.92 Å². The summed E-state index contributed by atoms with van der Waals surface area (Å²) in [6.45, 7) is 5.62. The van der Waals surface area contributed by atoms with E-state index in [9.17, 15) is 9.59 Å². The Labute approximate surface area is 91.2 Å². The molecule has 0 radical (unpaired) electrons. The monoisotopic (exact) mass is 212 g/mol. The van der Waals surface area contributed by atoms with Crippen molar-refractivity contribution < 1.29 is 14.3 Å². The van der Waals surface area contributed by atoms with Crippen LogP contribution < -0.4 is 0 Å². The van der Waals surface area contributed by atoms with E-state index in [0.29, 0.717) is 13.0 Å². The van der Waals surface area contributed by atoms with Crippen LogP contribution in [0.15, 0.2) is 0 Å². The summed E-state index contributed by atoms with van der Waals surface area (Å²) in [5.41, 5.74) is -0.853. The average Bonchev–Trinajstić information content (AvgIpc) is 2.18. The lowest BCUT2D eigenvalue weighted by Crippen LogP contribution is -2.46. The molecule has 1 rings (SSSR count). The second kappa shape index (κ2) is 4.77. The second-order valence-electron chi connectivity index (χ2n) is 4.39. The fourth-order valence-electron chi connectivity index (χ4n) is 2.58. The van der Waals surface area contributed by atoms with E-state index in [1.807, 2.05) is 6.92 Å². The average molecular weight is 212 g/mol. The molecule has 0 amide bonds. The number of Topliss-reactive ketones (excluding diaryl/α,β-unsaturated/α-hetero) is 1. The minimum absolute atomic E-state index is 0.0341. The molecule has 0 aliphatic heterocycles. The summed E-state index contributed by atoms with van der Waals surface area (Å²) in [6, 6.07) is 0. The molecule has 1 saturated carbocycles. The third-order valence-electron chi connectivity index (χ3n) is 3.57. The molecule has 15 heavy (non-hydrogen) atoms. The Morgan fingerprint density at radius 1 is 1.40 bits per heavy atom. The SMILES string of the molecule is CCOC(=O)C1(C(C)=O)CCCCC1C. The van der Waals surface area contributed by atoms with Gasteiger partial charge in [-0.05, 0) is 32.6 Å². The van der Waals surface area contributed by atoms with E-state index < -0.39 is 5.41 Å². The third-order valence-corrected chi connectivity index (χ3v) is 3.57. The topological polar surface area (TPSA) is 43.4 Å². The molecule has 86 valence electrons. The summed E-state index contributed by atoms with van der Waals surface area (Å²) in [5, 5.41) is 0. The lowest BCUT2D eigenvalue weighted by molar-refractivity contribution is -0.165. The summed E-state index contributed by atoms with van der Waals surface area (Å²) in [4.78, 5) is 23.7. The van der Waals surface area contributed by atoms with Gasteiger partial charge in [-0.1, -0.05) is 19.8 Å². The maximum atomic E-state index is 11.9. The number of ketones is 1. The van der Waals surface area contributed by atoms with E-state index in [0.717, 1.165) is 19.3 Å². The number of hydrogen-bond acceptors (Lipinski definition) is 3. The van der Waals surface area contributed by atoms with Crippen molar-refractivity contribution in [3.63, 3.8) is 0 Å². The fourth-order valence-corrected chi connectivity index (χ4v) is 2.58. The molecule has 1 aliphatic carbocycles. The van der Waals surface area contributed by atoms with Crippen LogP contribution in [-0.2, 0) is 14.3 Å². The maximum absolute atomic E-state index is 11.9. The van der Waals surface area contributed by atoms with Gasteiger partial charge in [0, 0.05) is 0 Å². The number of rotatable bonds is 3. The first-order valence-corrected chi connectivity index (χ1v) is 5.74. The first-order chi connectivity index (χ1) is 7.05. The summed E-state index contributed by atoms with van der Waals surface area (Å²) in [6.07, 6.45) is 3.65. The molecule has 0 heterocycles. The van der Waals surface area contributed by atoms with Crippen LogP contribution in [0.25, 0.3) is 0 Å². The Hall–Kier alpha value is -0.860. The van der Waals surface area contributed by atoms with Crippen molar-refractivity contribution in [3.8, 4) is 0 Å². The first kappa shape index (κ1) is 12.2. The van der Waals surface area contributed by atoms with Crippen molar-refractivity contribution in [3.05, 3.63) is 0 Å². The highest BCUT2D eigenvalue weighted by Gasteiger charge is 2.50. The molecule has 2 unspecified atom stereocenters. The van der Waals surface area contributed by atoms with Gasteiger partial charge in [0.2, 0.25) is 0 Å². The van der Waals surface area contributed by atoms with Gasteiger partial charge in [-0.25, -0.2) is 0 Å². The third kappa shape index (κ3) is 2.06. The summed E-state index contributed by atoms with van der Waals surface area (Å²) in [7, 11) is 0. The Morgan fingerprint density at radius 2 is 2.07 bits per heavy atom. The molecule has 0 aromatic heterocycles. The number of carbonyl (C=O) groups excluding carboxylic acids is 2. The van der Waals surface area contributed by atoms with E-state index in [-0.39, 0.29) is 17.7 Å². The zero-order valence-electron chi connectivity index (χ0n) is 9.84. The molecule has 0 aromatic carbocycles. The molecular formula is C12H20O3. The largest absolute Gasteiger partial charge is 0.465 e. The van der Waals surface area contributed by atoms with E-state index in [2.05, 4.69) is 0 Å². The van der Waals surface area contributed by atoms with Crippen molar-refractivity contribution in [2.24, 2.45) is 11.3 Å². The molecule has 0 spiro atoms. The molecule has 1 aliphatic rings. The predicted octanol–water partition coefficient (Wildman–Crippen LogP) is 2.33. The predicted molar refractivity (Wildman–Crippen MR) is 57.4 cm³/mol. The summed E-state index contributed by atoms with van der Waals surface area (Å²) >= 11 is 0. The van der Waals surface area contributed by atoms with E-state index in [1.165, 1.54) is 6.92 Å². The molecule has 2 atom stereocenters. The van der Waals surface area contributed by atoms with Crippen LogP contribution in [-0.4, -0.2) is 18.4 Å². The highest BCUT2D eigenvalue weighted by molar-refractivity contribution is 6.03. The number of carbonyl (C=O) groups is 2. The zero-order chi connectivity index (χ0) is 11.5. The fraction of sp³-hybridized carbons (Fsp3) is 0.833. The Balaban J connectivity index is 2.95. The number of esters is 1. The number of hydrogen-bond donors (Lipinski definition) is 0. The van der Waals surface area contributed by atoms with Gasteiger partial charge < -0.3 is 4.74 Å². The highest BCUT2D eigenvalue weighted by atomic mass is 16.5. The molecule has 0 bridgehead atoms. The Kier molecular flexibility index (Phi) is 3.89. The van der Waals surface area contributed by atoms with Crippen molar-refractivity contribution in [1.29, 1.82) is 0 Å². The quantitative estimate of drug-likeness (QED) is 0.532. The van der Waals surface area contributed by atoms with Gasteiger partial charge in [-0.2, -0.15) is 0 Å². The van der Waals surface area contributed by atoms with E-state index >= 15 is 0 Å². The van der Waals surface area contributed by atoms with Gasteiger partial charge in [0.05, 0.1) is 6.61 Å². The molecule has 3 heteroatoms. The Morgan fingerprint density at radius 3 is 2.53 bits per heavy atom. The smallest absolute Gasteiger partial charge is 0.319 e. The van der Waals surface area contributed by atoms with Crippen LogP contribution >= 0.6 is 0 Å². The van der Waals surface area contributed by atoms with Crippen LogP contribution in [0.4, 0.5) is 0 Å². The maximum Gasteiger partial charge on any atom is 0.319 e. The minimum Gasteiger partial charge on any atom is -0.465 e. The van der Waals surface area contributed by atoms with E-state index in [4.69, 9.17) is 4.74 Å². The van der Waals surface area contributed by atoms with Gasteiger partial charge in [0.25, 0.3) is 0 Å². The minimum atomic E-state index is -0.853. The second-order valence-corrected chi connectivity index (χ2v) is 4.39. The molecule has 3 nitrogen and oxygen atoms in total. The zero-order valence-corrected chi connectivity index (χ0v) is 9.84. The summed E-state index contributed by atoms with van der Waals surface area (Å²) in [5.74, 6) is -0.236. The van der Waals surface area contributed by atoms with Gasteiger partial charge in [0.15, 0.2) is 0 Å². The molecule has 1 fully saturated rings. The normalized spacial score (nSPS) is 31.0. The van der Waals surface area contributed by atoms with Crippen LogP contribution in [0.5, 0.6) is 0 Å². The van der Waals surface area contributed by atoms with Crippen LogP contribution in [0, 0.1) is 11.3 Å². The van der Waals surface area contributed by atoms with Gasteiger partial charge in [-0.3, -0.25) is 9.59 Å². The van der Waals surface area contributed by atoms with Gasteiger partial charge in [0.1, 0.15) is 11.2 Å².